The number of carbonyl (C=O) groups excluding carboxylic acids is 1. The van der Waals surface area contributed by atoms with Gasteiger partial charge in [0.2, 0.25) is 0 Å². The van der Waals surface area contributed by atoms with Gasteiger partial charge >= 0.3 is 0 Å². The van der Waals surface area contributed by atoms with E-state index in [0.29, 0.717) is 35.0 Å². The molecule has 1 amide bonds. The molecule has 2 heterocycles. The monoisotopic (exact) mass is 440 g/mol. The van der Waals surface area contributed by atoms with Crippen LogP contribution in [0.4, 0.5) is 17.2 Å². The molecule has 0 saturated carbocycles. The summed E-state index contributed by atoms with van der Waals surface area (Å²) in [5.74, 6) is 0.807. The zero-order valence-electron chi connectivity index (χ0n) is 17.7. The van der Waals surface area contributed by atoms with E-state index in [1.54, 1.807) is 54.9 Å². The lowest BCUT2D eigenvalue weighted by atomic mass is 10.1. The number of nitro groups is 1. The molecule has 0 aliphatic heterocycles. The number of nitrogens with zero attached hydrogens (tertiary/aromatic N) is 4. The van der Waals surface area contributed by atoms with Gasteiger partial charge in [-0.05, 0) is 36.8 Å². The van der Waals surface area contributed by atoms with Gasteiger partial charge in [-0.1, -0.05) is 24.3 Å². The van der Waals surface area contributed by atoms with E-state index in [2.05, 4.69) is 25.6 Å². The van der Waals surface area contributed by atoms with Crippen molar-refractivity contribution in [1.29, 1.82) is 0 Å². The summed E-state index contributed by atoms with van der Waals surface area (Å²) in [6.07, 6.45) is 3.23. The maximum atomic E-state index is 12.4. The van der Waals surface area contributed by atoms with Gasteiger partial charge in [-0.15, -0.1) is 0 Å². The van der Waals surface area contributed by atoms with Gasteiger partial charge in [0, 0.05) is 59.6 Å². The molecule has 4 aromatic rings. The molecule has 0 atom stereocenters. The number of hydrogen-bond acceptors (Lipinski definition) is 7. The number of benzene rings is 2. The fourth-order valence-electron chi connectivity index (χ4n) is 3.15. The van der Waals surface area contributed by atoms with Crippen molar-refractivity contribution in [2.24, 2.45) is 0 Å². The highest BCUT2D eigenvalue weighted by Crippen LogP contribution is 2.23. The van der Waals surface area contributed by atoms with Crippen molar-refractivity contribution in [3.63, 3.8) is 0 Å². The standard InChI is InChI=1S/C24H20N6O3/c1-16-13-22(29-23(27-16)19-3-2-4-21(14-19)30(32)33)26-15-17-5-7-18(8-6-17)24(31)28-20-9-11-25-12-10-20/h2-14H,15H2,1H3,(H,25,28,31)(H,26,27,29). The van der Waals surface area contributed by atoms with E-state index in [1.165, 1.54) is 12.1 Å². The average Bonchev–Trinajstić information content (AvgIpc) is 2.83. The lowest BCUT2D eigenvalue weighted by molar-refractivity contribution is -0.384. The third-order valence-corrected chi connectivity index (χ3v) is 4.80. The summed E-state index contributed by atoms with van der Waals surface area (Å²) in [6.45, 7) is 2.32. The van der Waals surface area contributed by atoms with Crippen molar-refractivity contribution < 1.29 is 9.72 Å². The molecule has 164 valence electrons. The first-order valence-electron chi connectivity index (χ1n) is 10.1. The minimum Gasteiger partial charge on any atom is -0.366 e. The number of non-ortho nitro benzene ring substituents is 1. The molecule has 0 saturated heterocycles. The molecule has 9 heteroatoms. The van der Waals surface area contributed by atoms with Crippen molar-refractivity contribution in [2.75, 3.05) is 10.6 Å². The Kier molecular flexibility index (Phi) is 6.31. The molecule has 4 rings (SSSR count). The van der Waals surface area contributed by atoms with Crippen LogP contribution in [-0.2, 0) is 6.54 Å². The smallest absolute Gasteiger partial charge is 0.270 e. The van der Waals surface area contributed by atoms with Gasteiger partial charge in [0.05, 0.1) is 4.92 Å². The molecular weight excluding hydrogens is 420 g/mol. The van der Waals surface area contributed by atoms with E-state index in [1.807, 2.05) is 19.1 Å². The maximum absolute atomic E-state index is 12.4. The topological polar surface area (TPSA) is 123 Å². The summed E-state index contributed by atoms with van der Waals surface area (Å²) in [4.78, 5) is 35.8. The van der Waals surface area contributed by atoms with Crippen molar-refractivity contribution in [3.05, 3.63) is 106 Å². The van der Waals surface area contributed by atoms with Crippen LogP contribution >= 0.6 is 0 Å². The summed E-state index contributed by atoms with van der Waals surface area (Å²) in [5, 5.41) is 17.1. The molecule has 33 heavy (non-hydrogen) atoms. The minimum atomic E-state index is -0.445. The molecule has 2 aromatic carbocycles. The van der Waals surface area contributed by atoms with E-state index < -0.39 is 4.92 Å². The Hall–Kier alpha value is -4.66. The van der Waals surface area contributed by atoms with Crippen LogP contribution in [0.25, 0.3) is 11.4 Å². The number of anilines is 2. The number of aromatic nitrogens is 3. The highest BCUT2D eigenvalue weighted by Gasteiger charge is 2.11. The molecule has 0 spiro atoms. The van der Waals surface area contributed by atoms with Crippen LogP contribution in [0.5, 0.6) is 0 Å². The lowest BCUT2D eigenvalue weighted by Gasteiger charge is -2.10. The summed E-state index contributed by atoms with van der Waals surface area (Å²) in [6, 6.07) is 18.7. The van der Waals surface area contributed by atoms with Gasteiger partial charge in [0.1, 0.15) is 5.82 Å². The largest absolute Gasteiger partial charge is 0.366 e. The first-order valence-corrected chi connectivity index (χ1v) is 10.1. The molecule has 0 unspecified atom stereocenters. The van der Waals surface area contributed by atoms with Crippen molar-refractivity contribution >= 4 is 23.1 Å². The van der Waals surface area contributed by atoms with E-state index in [9.17, 15) is 14.9 Å². The number of rotatable bonds is 7. The number of hydrogen-bond donors (Lipinski definition) is 2. The lowest BCUT2D eigenvalue weighted by Crippen LogP contribution is -2.12. The third kappa shape index (κ3) is 5.53. The molecule has 0 aliphatic rings. The van der Waals surface area contributed by atoms with E-state index >= 15 is 0 Å². The van der Waals surface area contributed by atoms with E-state index in [0.717, 1.165) is 11.3 Å². The van der Waals surface area contributed by atoms with Gasteiger partial charge in [-0.25, -0.2) is 9.97 Å². The summed E-state index contributed by atoms with van der Waals surface area (Å²) >= 11 is 0. The average molecular weight is 440 g/mol. The van der Waals surface area contributed by atoms with Gasteiger partial charge in [-0.3, -0.25) is 19.9 Å². The Morgan fingerprint density at radius 2 is 1.76 bits per heavy atom. The van der Waals surface area contributed by atoms with Crippen molar-refractivity contribution in [2.45, 2.75) is 13.5 Å². The fraction of sp³-hybridized carbons (Fsp3) is 0.0833. The quantitative estimate of drug-likeness (QED) is 0.317. The molecule has 2 N–H and O–H groups in total. The number of pyridine rings is 1. The summed E-state index contributed by atoms with van der Waals surface area (Å²) in [5.41, 5.74) is 3.47. The number of nitro benzene ring substituents is 1. The predicted octanol–water partition coefficient (Wildman–Crippen LogP) is 4.62. The molecule has 0 radical (unpaired) electrons. The van der Waals surface area contributed by atoms with Crippen LogP contribution in [0.15, 0.2) is 79.1 Å². The zero-order valence-corrected chi connectivity index (χ0v) is 17.7. The Morgan fingerprint density at radius 3 is 2.48 bits per heavy atom. The van der Waals surface area contributed by atoms with Crippen LogP contribution in [0.3, 0.4) is 0 Å². The molecule has 0 fully saturated rings. The highest BCUT2D eigenvalue weighted by molar-refractivity contribution is 6.04. The third-order valence-electron chi connectivity index (χ3n) is 4.80. The molecule has 2 aromatic heterocycles. The Morgan fingerprint density at radius 1 is 1.00 bits per heavy atom. The maximum Gasteiger partial charge on any atom is 0.270 e. The number of aryl methyl sites for hydroxylation is 1. The first kappa shape index (κ1) is 21.6. The molecule has 0 bridgehead atoms. The highest BCUT2D eigenvalue weighted by atomic mass is 16.6. The van der Waals surface area contributed by atoms with Gasteiger partial charge in [-0.2, -0.15) is 0 Å². The summed E-state index contributed by atoms with van der Waals surface area (Å²) < 4.78 is 0. The second kappa shape index (κ2) is 9.65. The SMILES string of the molecule is Cc1cc(NCc2ccc(C(=O)Nc3ccncc3)cc2)nc(-c2cccc([N+](=O)[O-])c2)n1. The van der Waals surface area contributed by atoms with Crippen LogP contribution in [0.1, 0.15) is 21.6 Å². The van der Waals surface area contributed by atoms with Crippen LogP contribution in [0, 0.1) is 17.0 Å². The second-order valence-corrected chi connectivity index (χ2v) is 7.27. The van der Waals surface area contributed by atoms with Crippen LogP contribution in [0.2, 0.25) is 0 Å². The van der Waals surface area contributed by atoms with Crippen LogP contribution < -0.4 is 10.6 Å². The van der Waals surface area contributed by atoms with Crippen molar-refractivity contribution in [3.8, 4) is 11.4 Å². The zero-order chi connectivity index (χ0) is 23.2. The van der Waals surface area contributed by atoms with Gasteiger partial charge < -0.3 is 10.6 Å². The normalized spacial score (nSPS) is 10.5. The van der Waals surface area contributed by atoms with E-state index in [-0.39, 0.29) is 11.6 Å². The number of carbonyl (C=O) groups is 1. The summed E-state index contributed by atoms with van der Waals surface area (Å²) in [7, 11) is 0. The first-order chi connectivity index (χ1) is 16.0. The Labute approximate surface area is 189 Å². The predicted molar refractivity (Wildman–Crippen MR) is 125 cm³/mol. The molecule has 9 nitrogen and oxygen atoms in total. The second-order valence-electron chi connectivity index (χ2n) is 7.27. The van der Waals surface area contributed by atoms with Crippen molar-refractivity contribution in [1.82, 2.24) is 15.0 Å². The Balaban J connectivity index is 1.43. The molecule has 0 aliphatic carbocycles. The van der Waals surface area contributed by atoms with Crippen LogP contribution in [-0.4, -0.2) is 25.8 Å². The number of amides is 1. The Bertz CT molecular complexity index is 1290. The molecular formula is C24H20N6O3. The van der Waals surface area contributed by atoms with E-state index in [4.69, 9.17) is 0 Å². The number of nitrogens with one attached hydrogen (secondary N) is 2. The van der Waals surface area contributed by atoms with Gasteiger partial charge in [0.25, 0.3) is 11.6 Å². The fourth-order valence-corrected chi connectivity index (χ4v) is 3.15. The van der Waals surface area contributed by atoms with Gasteiger partial charge in [0.15, 0.2) is 5.82 Å². The minimum absolute atomic E-state index is 0.0137.